The fraction of sp³-hybridized carbons (Fsp3) is 0.263. The van der Waals surface area contributed by atoms with Crippen LogP contribution in [0.4, 0.5) is 24.5 Å². The van der Waals surface area contributed by atoms with Crippen molar-refractivity contribution >= 4 is 41.1 Å². The van der Waals surface area contributed by atoms with Crippen LogP contribution in [0.25, 0.3) is 11.1 Å². The van der Waals surface area contributed by atoms with E-state index < -0.39 is 70.5 Å². The third-order valence-electron chi connectivity index (χ3n) is 8.11. The van der Waals surface area contributed by atoms with E-state index in [1.54, 1.807) is 18.2 Å². The van der Waals surface area contributed by atoms with Crippen molar-refractivity contribution < 1.29 is 56.3 Å². The van der Waals surface area contributed by atoms with Crippen LogP contribution >= 0.6 is 0 Å². The summed E-state index contributed by atoms with van der Waals surface area (Å²) in [6.45, 7) is 1.62. The van der Waals surface area contributed by atoms with Crippen molar-refractivity contribution in [1.82, 2.24) is 9.88 Å². The summed E-state index contributed by atoms with van der Waals surface area (Å²) in [6, 6.07) is 16.7. The van der Waals surface area contributed by atoms with Gasteiger partial charge in [0.15, 0.2) is 0 Å². The van der Waals surface area contributed by atoms with Crippen LogP contribution in [0.15, 0.2) is 85.1 Å². The molecule has 0 fully saturated rings. The first-order valence-electron chi connectivity index (χ1n) is 16.6. The van der Waals surface area contributed by atoms with E-state index in [1.165, 1.54) is 69.2 Å². The van der Waals surface area contributed by atoms with Gasteiger partial charge >= 0.3 is 24.1 Å². The molecule has 0 aliphatic carbocycles. The summed E-state index contributed by atoms with van der Waals surface area (Å²) in [6.07, 6.45) is -4.22. The number of anilines is 1. The number of benzene rings is 3. The van der Waals surface area contributed by atoms with Gasteiger partial charge in [0.05, 0.1) is 47.1 Å². The monoisotopic (exact) mass is 764 g/mol. The number of pyridine rings is 1. The molecule has 0 aliphatic rings. The molecule has 14 nitrogen and oxygen atoms in total. The molecule has 0 radical (unpaired) electrons. The molecule has 0 spiro atoms. The van der Waals surface area contributed by atoms with Gasteiger partial charge in [-0.1, -0.05) is 36.4 Å². The smallest absolute Gasteiger partial charge is 0.416 e. The van der Waals surface area contributed by atoms with Crippen LogP contribution in [0.1, 0.15) is 51.4 Å². The summed E-state index contributed by atoms with van der Waals surface area (Å²) in [5.41, 5.74) is -3.04. The number of hydrogen-bond donors (Lipinski definition) is 1. The summed E-state index contributed by atoms with van der Waals surface area (Å²) in [5.74, 6) is -4.56. The van der Waals surface area contributed by atoms with Crippen LogP contribution in [-0.4, -0.2) is 78.4 Å². The van der Waals surface area contributed by atoms with Crippen molar-refractivity contribution in [1.29, 1.82) is 0 Å². The lowest BCUT2D eigenvalue weighted by Gasteiger charge is -2.28. The molecule has 1 heterocycles. The molecule has 1 aromatic heterocycles. The van der Waals surface area contributed by atoms with Crippen molar-refractivity contribution in [2.45, 2.75) is 31.9 Å². The fourth-order valence-corrected chi connectivity index (χ4v) is 5.34. The van der Waals surface area contributed by atoms with Crippen LogP contribution in [0.5, 0.6) is 0 Å². The molecule has 0 saturated carbocycles. The van der Waals surface area contributed by atoms with Crippen LogP contribution < -0.4 is 5.32 Å². The molecule has 4 rings (SSSR count). The highest BCUT2D eigenvalue weighted by Crippen LogP contribution is 2.33. The number of nitrogens with zero attached hydrogens (tertiary/aromatic N) is 3. The van der Waals surface area contributed by atoms with E-state index >= 15 is 0 Å². The van der Waals surface area contributed by atoms with Gasteiger partial charge in [-0.3, -0.25) is 39.1 Å². The standard InChI is InChI=1S/C38H35F3N4O10/c1-5-53-35(49)37(36(50)54-6-2,31-18-16-26(21-42-31)45(51)52)22-55-32(46)20-23-11-17-30(29(19-23)34(48)44(3)4)43-33(47)28-10-8-7-9-27(28)24-12-14-25(15-13-24)38(39,40)41/h7-19,21H,5-6,20,22H2,1-4H3,(H,43,47). The van der Waals surface area contributed by atoms with E-state index in [0.29, 0.717) is 11.1 Å². The zero-order valence-electron chi connectivity index (χ0n) is 30.0. The lowest BCUT2D eigenvalue weighted by Crippen LogP contribution is -2.51. The zero-order valence-corrected chi connectivity index (χ0v) is 30.0. The van der Waals surface area contributed by atoms with Crippen LogP contribution in [0, 0.1) is 10.1 Å². The van der Waals surface area contributed by atoms with Crippen LogP contribution in [0.2, 0.25) is 0 Å². The topological polar surface area (TPSA) is 184 Å². The minimum absolute atomic E-state index is 0.0295. The first kappa shape index (κ1) is 41.1. The summed E-state index contributed by atoms with van der Waals surface area (Å²) >= 11 is 0. The Morgan fingerprint density at radius 3 is 2.02 bits per heavy atom. The Kier molecular flexibility index (Phi) is 13.0. The Balaban J connectivity index is 1.62. The number of esters is 3. The third-order valence-corrected chi connectivity index (χ3v) is 8.11. The number of rotatable bonds is 14. The van der Waals surface area contributed by atoms with Crippen molar-refractivity contribution in [2.24, 2.45) is 0 Å². The largest absolute Gasteiger partial charge is 0.465 e. The quantitative estimate of drug-likeness (QED) is 0.0540. The number of alkyl halides is 3. The second kappa shape index (κ2) is 17.5. The number of halogens is 3. The normalized spacial score (nSPS) is 11.3. The average Bonchev–Trinajstić information content (AvgIpc) is 3.15. The number of nitrogens with one attached hydrogen (secondary N) is 1. The molecule has 55 heavy (non-hydrogen) atoms. The number of ether oxygens (including phenoxy) is 3. The molecule has 0 saturated heterocycles. The number of carbonyl (C=O) groups excluding carboxylic acids is 5. The summed E-state index contributed by atoms with van der Waals surface area (Å²) in [4.78, 5) is 82.4. The van der Waals surface area contributed by atoms with Crippen molar-refractivity contribution in [2.75, 3.05) is 39.2 Å². The van der Waals surface area contributed by atoms with Gasteiger partial charge in [-0.15, -0.1) is 0 Å². The van der Waals surface area contributed by atoms with Gasteiger partial charge < -0.3 is 24.4 Å². The molecule has 3 aromatic carbocycles. The van der Waals surface area contributed by atoms with Crippen molar-refractivity contribution in [3.8, 4) is 11.1 Å². The number of aromatic nitrogens is 1. The maximum absolute atomic E-state index is 13.6. The van der Waals surface area contributed by atoms with Gasteiger partial charge in [0.25, 0.3) is 17.5 Å². The number of hydrogen-bond acceptors (Lipinski definition) is 11. The molecule has 0 atom stereocenters. The van der Waals surface area contributed by atoms with Gasteiger partial charge in [0.1, 0.15) is 12.8 Å². The Morgan fingerprint density at radius 2 is 1.47 bits per heavy atom. The predicted octanol–water partition coefficient (Wildman–Crippen LogP) is 5.78. The summed E-state index contributed by atoms with van der Waals surface area (Å²) < 4.78 is 55.1. The predicted molar refractivity (Wildman–Crippen MR) is 190 cm³/mol. The molecule has 0 aliphatic heterocycles. The average molecular weight is 765 g/mol. The van der Waals surface area contributed by atoms with E-state index in [0.717, 1.165) is 30.5 Å². The number of amides is 2. The highest BCUT2D eigenvalue weighted by atomic mass is 19.4. The van der Waals surface area contributed by atoms with Gasteiger partial charge in [-0.2, -0.15) is 13.2 Å². The van der Waals surface area contributed by atoms with E-state index in [1.807, 2.05) is 0 Å². The van der Waals surface area contributed by atoms with Gasteiger partial charge in [-0.05, 0) is 66.9 Å². The molecule has 0 unspecified atom stereocenters. The lowest BCUT2D eigenvalue weighted by molar-refractivity contribution is -0.385. The zero-order chi connectivity index (χ0) is 40.5. The molecule has 4 aromatic rings. The first-order valence-corrected chi connectivity index (χ1v) is 16.6. The minimum atomic E-state index is -4.55. The first-order chi connectivity index (χ1) is 26.0. The second-order valence-electron chi connectivity index (χ2n) is 12.0. The third kappa shape index (κ3) is 9.48. The fourth-order valence-electron chi connectivity index (χ4n) is 5.34. The molecular weight excluding hydrogens is 729 g/mol. The number of nitro groups is 1. The Morgan fingerprint density at radius 1 is 0.836 bits per heavy atom. The highest BCUT2D eigenvalue weighted by molar-refractivity contribution is 6.12. The highest BCUT2D eigenvalue weighted by Gasteiger charge is 2.53. The molecule has 1 N–H and O–H groups in total. The molecule has 0 bridgehead atoms. The minimum Gasteiger partial charge on any atom is -0.465 e. The molecule has 17 heteroatoms. The van der Waals surface area contributed by atoms with E-state index in [9.17, 15) is 47.3 Å². The van der Waals surface area contributed by atoms with E-state index in [2.05, 4.69) is 10.3 Å². The van der Waals surface area contributed by atoms with Gasteiger partial charge in [-0.25, -0.2) is 0 Å². The number of carbonyl (C=O) groups is 5. The summed E-state index contributed by atoms with van der Waals surface area (Å²) in [7, 11) is 2.93. The Bertz CT molecular complexity index is 2070. The van der Waals surface area contributed by atoms with Crippen LogP contribution in [0.3, 0.4) is 0 Å². The molecular formula is C38H35F3N4O10. The maximum atomic E-state index is 13.6. The maximum Gasteiger partial charge on any atom is 0.416 e. The van der Waals surface area contributed by atoms with E-state index in [-0.39, 0.29) is 41.3 Å². The Hall–Kier alpha value is -6.65. The Labute approximate surface area is 312 Å². The van der Waals surface area contributed by atoms with Crippen LogP contribution in [-0.2, 0) is 46.6 Å². The van der Waals surface area contributed by atoms with E-state index in [4.69, 9.17) is 14.2 Å². The van der Waals surface area contributed by atoms with Gasteiger partial charge in [0, 0.05) is 25.7 Å². The van der Waals surface area contributed by atoms with Crippen molar-refractivity contribution in [3.63, 3.8) is 0 Å². The van der Waals surface area contributed by atoms with Gasteiger partial charge in [0.2, 0.25) is 5.41 Å². The van der Waals surface area contributed by atoms with Crippen molar-refractivity contribution in [3.05, 3.63) is 123 Å². The second-order valence-corrected chi connectivity index (χ2v) is 12.0. The summed E-state index contributed by atoms with van der Waals surface area (Å²) in [5, 5.41) is 13.9. The SMILES string of the molecule is CCOC(=O)C(COC(=O)Cc1ccc(NC(=O)c2ccccc2-c2ccc(C(F)(F)F)cc2)c(C(=O)N(C)C)c1)(C(=O)OCC)c1ccc([N+](=O)[O-])cn1. The lowest BCUT2D eigenvalue weighted by atomic mass is 9.84. The molecule has 288 valence electrons. The molecule has 2 amide bonds.